The number of halogens is 1. The summed E-state index contributed by atoms with van der Waals surface area (Å²) in [5, 5.41) is 6.52. The summed E-state index contributed by atoms with van der Waals surface area (Å²) in [6.45, 7) is 7.83. The van der Waals surface area contributed by atoms with E-state index in [-0.39, 0.29) is 24.0 Å². The Labute approximate surface area is 197 Å². The largest absolute Gasteiger partial charge is 0.493 e. The molecule has 0 unspecified atom stereocenters. The lowest BCUT2D eigenvalue weighted by Crippen LogP contribution is -2.37. The minimum atomic E-state index is -3.20. The number of nitrogens with zero attached hydrogens (tertiary/aromatic N) is 1. The van der Waals surface area contributed by atoms with E-state index in [0.717, 1.165) is 41.0 Å². The number of para-hydroxylation sites is 1. The number of aliphatic imine (C=N–C) groups is 1. The highest BCUT2D eigenvalue weighted by molar-refractivity contribution is 14.0. The molecule has 30 heavy (non-hydrogen) atoms. The summed E-state index contributed by atoms with van der Waals surface area (Å²) in [7, 11) is -1.47. The van der Waals surface area contributed by atoms with E-state index >= 15 is 0 Å². The number of sulfone groups is 1. The lowest BCUT2D eigenvalue weighted by atomic mass is 10.1. The fraction of sp³-hybridized carbons (Fsp3) is 0.409. The molecule has 0 bridgehead atoms. The average molecular weight is 545 g/mol. The smallest absolute Gasteiger partial charge is 0.191 e. The van der Waals surface area contributed by atoms with E-state index in [9.17, 15) is 8.42 Å². The maximum atomic E-state index is 11.7. The Kier molecular flexibility index (Phi) is 10.6. The molecule has 0 aliphatic rings. The third-order valence-corrected chi connectivity index (χ3v) is 5.85. The molecule has 0 saturated carbocycles. The molecule has 2 aromatic carbocycles. The Bertz CT molecular complexity index is 955. The first kappa shape index (κ1) is 26.2. The van der Waals surface area contributed by atoms with Gasteiger partial charge in [-0.1, -0.05) is 30.3 Å². The number of nitrogens with one attached hydrogen (secondary N) is 2. The maximum Gasteiger partial charge on any atom is 0.191 e. The Morgan fingerprint density at radius 2 is 1.70 bits per heavy atom. The van der Waals surface area contributed by atoms with Crippen molar-refractivity contribution in [2.24, 2.45) is 4.99 Å². The first-order valence-electron chi connectivity index (χ1n) is 9.65. The zero-order valence-corrected chi connectivity index (χ0v) is 21.4. The molecule has 8 heteroatoms. The lowest BCUT2D eigenvalue weighted by Gasteiger charge is -2.14. The Hall–Kier alpha value is -1.81. The van der Waals surface area contributed by atoms with Crippen LogP contribution in [-0.4, -0.2) is 40.8 Å². The number of aryl methyl sites for hydroxylation is 3. The molecule has 0 spiro atoms. The molecule has 0 heterocycles. The van der Waals surface area contributed by atoms with Crippen LogP contribution in [0.15, 0.2) is 46.3 Å². The predicted octanol–water partition coefficient (Wildman–Crippen LogP) is 3.77. The fourth-order valence-electron chi connectivity index (χ4n) is 3.12. The SMILES string of the molecule is CN=C(NCCCOc1c(C)cccc1C)NCc1ccc(S(C)(=O)=O)c(C)c1.I. The van der Waals surface area contributed by atoms with Crippen molar-refractivity contribution < 1.29 is 13.2 Å². The quantitative estimate of drug-likeness (QED) is 0.229. The van der Waals surface area contributed by atoms with Gasteiger partial charge in [0.1, 0.15) is 5.75 Å². The second kappa shape index (κ2) is 12.1. The number of ether oxygens (including phenoxy) is 1. The summed E-state index contributed by atoms with van der Waals surface area (Å²) in [5.41, 5.74) is 4.04. The zero-order chi connectivity index (χ0) is 21.4. The second-order valence-electron chi connectivity index (χ2n) is 7.15. The van der Waals surface area contributed by atoms with Gasteiger partial charge in [-0.3, -0.25) is 4.99 Å². The average Bonchev–Trinajstić information content (AvgIpc) is 2.65. The van der Waals surface area contributed by atoms with Crippen molar-refractivity contribution in [3.8, 4) is 5.75 Å². The van der Waals surface area contributed by atoms with Gasteiger partial charge in [-0.25, -0.2) is 8.42 Å². The molecule has 0 aliphatic heterocycles. The van der Waals surface area contributed by atoms with E-state index in [1.165, 1.54) is 6.26 Å². The van der Waals surface area contributed by atoms with Gasteiger partial charge in [0.15, 0.2) is 15.8 Å². The first-order valence-corrected chi connectivity index (χ1v) is 11.5. The zero-order valence-electron chi connectivity index (χ0n) is 18.3. The van der Waals surface area contributed by atoms with Gasteiger partial charge in [-0.2, -0.15) is 0 Å². The minimum Gasteiger partial charge on any atom is -0.493 e. The third kappa shape index (κ3) is 7.79. The molecule has 0 radical (unpaired) electrons. The van der Waals surface area contributed by atoms with Crippen LogP contribution >= 0.6 is 24.0 Å². The number of guanidine groups is 1. The minimum absolute atomic E-state index is 0. The fourth-order valence-corrected chi connectivity index (χ4v) is 4.08. The molecule has 0 aliphatic carbocycles. The standard InChI is InChI=1S/C22H31N3O3S.HI/c1-16-8-6-9-17(2)21(16)28-13-7-12-24-22(23-4)25-15-19-10-11-20(18(3)14-19)29(5,26)27;/h6,8-11,14H,7,12-13,15H2,1-5H3,(H2,23,24,25);1H. The van der Waals surface area contributed by atoms with Crippen LogP contribution in [-0.2, 0) is 16.4 Å². The Morgan fingerprint density at radius 1 is 1.03 bits per heavy atom. The van der Waals surface area contributed by atoms with Crippen molar-refractivity contribution in [2.45, 2.75) is 38.6 Å². The first-order chi connectivity index (χ1) is 13.7. The lowest BCUT2D eigenvalue weighted by molar-refractivity contribution is 0.307. The van der Waals surface area contributed by atoms with Gasteiger partial charge in [-0.05, 0) is 55.5 Å². The number of hydrogen-bond donors (Lipinski definition) is 2. The molecule has 2 N–H and O–H groups in total. The number of rotatable bonds is 8. The maximum absolute atomic E-state index is 11.7. The van der Waals surface area contributed by atoms with Crippen LogP contribution in [0.4, 0.5) is 0 Å². The van der Waals surface area contributed by atoms with Gasteiger partial charge in [0.05, 0.1) is 11.5 Å². The van der Waals surface area contributed by atoms with Crippen LogP contribution in [0.1, 0.15) is 28.7 Å². The summed E-state index contributed by atoms with van der Waals surface area (Å²) in [6, 6.07) is 11.5. The van der Waals surface area contributed by atoms with Crippen molar-refractivity contribution in [3.63, 3.8) is 0 Å². The summed E-state index contributed by atoms with van der Waals surface area (Å²) >= 11 is 0. The van der Waals surface area contributed by atoms with Crippen molar-refractivity contribution >= 4 is 39.8 Å². The van der Waals surface area contributed by atoms with Crippen LogP contribution in [0.25, 0.3) is 0 Å². The van der Waals surface area contributed by atoms with Gasteiger partial charge in [0, 0.05) is 26.4 Å². The molecule has 0 fully saturated rings. The van der Waals surface area contributed by atoms with Crippen LogP contribution in [0.5, 0.6) is 5.75 Å². The van der Waals surface area contributed by atoms with Crippen molar-refractivity contribution in [1.29, 1.82) is 0 Å². The molecule has 0 amide bonds. The highest BCUT2D eigenvalue weighted by Crippen LogP contribution is 2.22. The number of hydrogen-bond acceptors (Lipinski definition) is 4. The highest BCUT2D eigenvalue weighted by atomic mass is 127. The van der Waals surface area contributed by atoms with Gasteiger partial charge < -0.3 is 15.4 Å². The van der Waals surface area contributed by atoms with Crippen LogP contribution in [0, 0.1) is 20.8 Å². The van der Waals surface area contributed by atoms with Crippen molar-refractivity contribution in [3.05, 3.63) is 58.7 Å². The molecule has 0 aromatic heterocycles. The summed E-state index contributed by atoms with van der Waals surface area (Å²) in [5.74, 6) is 1.66. The van der Waals surface area contributed by atoms with Gasteiger partial charge >= 0.3 is 0 Å². The molecule has 0 atom stereocenters. The monoisotopic (exact) mass is 545 g/mol. The van der Waals surface area contributed by atoms with E-state index in [2.05, 4.69) is 41.6 Å². The molecule has 6 nitrogen and oxygen atoms in total. The molecule has 166 valence electrons. The van der Waals surface area contributed by atoms with Crippen LogP contribution in [0.3, 0.4) is 0 Å². The van der Waals surface area contributed by atoms with Crippen molar-refractivity contribution in [2.75, 3.05) is 26.5 Å². The van der Waals surface area contributed by atoms with Crippen molar-refractivity contribution in [1.82, 2.24) is 10.6 Å². The topological polar surface area (TPSA) is 79.8 Å². The normalized spacial score (nSPS) is 11.6. The third-order valence-electron chi connectivity index (χ3n) is 4.59. The van der Waals surface area contributed by atoms with Gasteiger partial charge in [0.25, 0.3) is 0 Å². The van der Waals surface area contributed by atoms with E-state index < -0.39 is 9.84 Å². The highest BCUT2D eigenvalue weighted by Gasteiger charge is 2.11. The molecule has 2 rings (SSSR count). The molecular weight excluding hydrogens is 513 g/mol. The van der Waals surface area contributed by atoms with Gasteiger partial charge in [0.2, 0.25) is 0 Å². The number of benzene rings is 2. The van der Waals surface area contributed by atoms with E-state index in [1.807, 2.05) is 25.1 Å². The van der Waals surface area contributed by atoms with Crippen LogP contribution in [0.2, 0.25) is 0 Å². The summed E-state index contributed by atoms with van der Waals surface area (Å²) in [4.78, 5) is 4.59. The molecule has 2 aromatic rings. The molecule has 0 saturated heterocycles. The molecular formula is C22H32IN3O3S. The van der Waals surface area contributed by atoms with Crippen LogP contribution < -0.4 is 15.4 Å². The summed E-state index contributed by atoms with van der Waals surface area (Å²) in [6.07, 6.45) is 2.07. The van der Waals surface area contributed by atoms with E-state index in [1.54, 1.807) is 13.1 Å². The van der Waals surface area contributed by atoms with E-state index in [4.69, 9.17) is 4.74 Å². The summed E-state index contributed by atoms with van der Waals surface area (Å²) < 4.78 is 29.4. The van der Waals surface area contributed by atoms with E-state index in [0.29, 0.717) is 24.0 Å². The Morgan fingerprint density at radius 3 is 2.27 bits per heavy atom. The Balaban J connectivity index is 0.00000450. The second-order valence-corrected chi connectivity index (χ2v) is 9.13. The van der Waals surface area contributed by atoms with Gasteiger partial charge in [-0.15, -0.1) is 24.0 Å². The predicted molar refractivity (Wildman–Crippen MR) is 134 cm³/mol.